The summed E-state index contributed by atoms with van der Waals surface area (Å²) in [5.74, 6) is -2.73. The SMILES string of the molecule is C=C1PC(NC(C)c2cccc(NC(=O)c3ccc(CN4CCCC(F)(F)C4)c(C)c3)c2)C=N/C1=C/N(C)CC. The third-order valence-corrected chi connectivity index (χ3v) is 8.62. The molecule has 0 aliphatic carbocycles. The fourth-order valence-corrected chi connectivity index (χ4v) is 6.05. The molecule has 2 aromatic rings. The summed E-state index contributed by atoms with van der Waals surface area (Å²) >= 11 is 0. The van der Waals surface area contributed by atoms with Crippen LogP contribution in [0.5, 0.6) is 0 Å². The van der Waals surface area contributed by atoms with Crippen molar-refractivity contribution in [2.75, 3.05) is 32.0 Å². The van der Waals surface area contributed by atoms with Crippen molar-refractivity contribution in [2.24, 2.45) is 4.99 Å². The van der Waals surface area contributed by atoms with E-state index in [4.69, 9.17) is 0 Å². The number of aliphatic imine (C=N–C) groups is 1. The van der Waals surface area contributed by atoms with Crippen LogP contribution in [0.4, 0.5) is 14.5 Å². The molecule has 0 spiro atoms. The third kappa shape index (κ3) is 8.06. The molecule has 0 bridgehead atoms. The number of nitrogens with zero attached hydrogens (tertiary/aromatic N) is 3. The Bertz CT molecular complexity index is 1290. The van der Waals surface area contributed by atoms with Gasteiger partial charge in [0.05, 0.1) is 18.0 Å². The highest BCUT2D eigenvalue weighted by molar-refractivity contribution is 7.45. The van der Waals surface area contributed by atoms with E-state index in [0.717, 1.165) is 34.2 Å². The third-order valence-electron chi connectivity index (χ3n) is 7.39. The number of alkyl halides is 2. The number of piperidine rings is 1. The van der Waals surface area contributed by atoms with Gasteiger partial charge in [-0.2, -0.15) is 0 Å². The molecular formula is C31H40F2N5OP. The summed E-state index contributed by atoms with van der Waals surface area (Å²) in [5.41, 5.74) is 5.12. The highest BCUT2D eigenvalue weighted by Crippen LogP contribution is 2.37. The van der Waals surface area contributed by atoms with Gasteiger partial charge in [-0.05, 0) is 80.0 Å². The van der Waals surface area contributed by atoms with Gasteiger partial charge in [0.15, 0.2) is 0 Å². The molecule has 9 heteroatoms. The molecule has 6 nitrogen and oxygen atoms in total. The van der Waals surface area contributed by atoms with E-state index in [1.165, 1.54) is 0 Å². The van der Waals surface area contributed by atoms with Gasteiger partial charge in [-0.3, -0.25) is 20.0 Å². The van der Waals surface area contributed by atoms with Crippen LogP contribution in [-0.2, 0) is 6.54 Å². The van der Waals surface area contributed by atoms with Gasteiger partial charge >= 0.3 is 0 Å². The molecule has 0 radical (unpaired) electrons. The molecule has 2 aliphatic heterocycles. The molecule has 0 saturated carbocycles. The molecule has 1 fully saturated rings. The Kier molecular flexibility index (Phi) is 9.88. The largest absolute Gasteiger partial charge is 0.379 e. The summed E-state index contributed by atoms with van der Waals surface area (Å²) in [5, 5.41) is 7.65. The number of carbonyl (C=O) groups is 1. The lowest BCUT2D eigenvalue weighted by atomic mass is 10.0. The summed E-state index contributed by atoms with van der Waals surface area (Å²) in [7, 11) is 2.52. The van der Waals surface area contributed by atoms with E-state index in [0.29, 0.717) is 39.3 Å². The fourth-order valence-electron chi connectivity index (χ4n) is 4.92. The molecule has 40 heavy (non-hydrogen) atoms. The first-order valence-electron chi connectivity index (χ1n) is 13.8. The quantitative estimate of drug-likeness (QED) is 0.339. The number of halogens is 2. The Morgan fingerprint density at radius 2 is 2.12 bits per heavy atom. The van der Waals surface area contributed by atoms with E-state index in [1.54, 1.807) is 11.0 Å². The van der Waals surface area contributed by atoms with Crippen molar-refractivity contribution in [1.82, 2.24) is 15.1 Å². The smallest absolute Gasteiger partial charge is 0.260 e. The second-order valence-electron chi connectivity index (χ2n) is 10.7. The van der Waals surface area contributed by atoms with Crippen molar-refractivity contribution in [3.8, 4) is 0 Å². The number of aryl methyl sites for hydroxylation is 1. The molecule has 2 aliphatic rings. The number of hydrogen-bond donors (Lipinski definition) is 2. The highest BCUT2D eigenvalue weighted by atomic mass is 31.1. The van der Waals surface area contributed by atoms with Crippen LogP contribution in [0.2, 0.25) is 0 Å². The average Bonchev–Trinajstić information content (AvgIpc) is 2.90. The summed E-state index contributed by atoms with van der Waals surface area (Å²) in [4.78, 5) is 21.5. The van der Waals surface area contributed by atoms with E-state index in [9.17, 15) is 13.6 Å². The van der Waals surface area contributed by atoms with E-state index in [-0.39, 0.29) is 30.7 Å². The van der Waals surface area contributed by atoms with Gasteiger partial charge in [0, 0.05) is 56.3 Å². The number of nitrogens with one attached hydrogen (secondary N) is 2. The first kappa shape index (κ1) is 30.0. The van der Waals surface area contributed by atoms with Gasteiger partial charge in [0.1, 0.15) is 0 Å². The molecule has 2 aromatic carbocycles. The maximum absolute atomic E-state index is 13.8. The number of rotatable bonds is 9. The minimum Gasteiger partial charge on any atom is -0.379 e. The first-order chi connectivity index (χ1) is 19.0. The van der Waals surface area contributed by atoms with E-state index in [1.807, 2.05) is 62.8 Å². The monoisotopic (exact) mass is 567 g/mol. The van der Waals surface area contributed by atoms with Crippen LogP contribution in [0.25, 0.3) is 0 Å². The maximum atomic E-state index is 13.8. The zero-order chi connectivity index (χ0) is 28.9. The predicted molar refractivity (Wildman–Crippen MR) is 163 cm³/mol. The lowest BCUT2D eigenvalue weighted by molar-refractivity contribution is -0.0661. The fraction of sp³-hybridized carbons (Fsp3) is 0.419. The molecule has 4 rings (SSSR count). The Balaban J connectivity index is 1.36. The summed E-state index contributed by atoms with van der Waals surface area (Å²) in [6, 6.07) is 13.3. The topological polar surface area (TPSA) is 60.0 Å². The molecule has 3 atom stereocenters. The molecule has 1 saturated heterocycles. The Labute approximate surface area is 238 Å². The Hall–Kier alpha value is -2.93. The number of carbonyl (C=O) groups excluding carboxylic acids is 1. The van der Waals surface area contributed by atoms with Crippen LogP contribution in [0.3, 0.4) is 0 Å². The van der Waals surface area contributed by atoms with Crippen LogP contribution >= 0.6 is 8.58 Å². The number of allylic oxidation sites excluding steroid dienone is 1. The second-order valence-corrected chi connectivity index (χ2v) is 12.3. The maximum Gasteiger partial charge on any atom is 0.260 e. The van der Waals surface area contributed by atoms with Crippen LogP contribution in [0, 0.1) is 6.92 Å². The first-order valence-corrected chi connectivity index (χ1v) is 14.9. The minimum absolute atomic E-state index is 0.0427. The van der Waals surface area contributed by atoms with Gasteiger partial charge in [0.25, 0.3) is 11.8 Å². The van der Waals surface area contributed by atoms with E-state index in [2.05, 4.69) is 41.0 Å². The number of hydrogen-bond acceptors (Lipinski definition) is 5. The summed E-state index contributed by atoms with van der Waals surface area (Å²) in [6.07, 6.45) is 4.44. The van der Waals surface area contributed by atoms with Crippen LogP contribution in [0.1, 0.15) is 59.8 Å². The zero-order valence-electron chi connectivity index (χ0n) is 23.8. The second kappa shape index (κ2) is 13.2. The standard InChI is InChI=1S/C31H40F2N5OP/c1-6-37(5)19-28-23(4)40-29(17-34-28)35-22(3)24-9-7-10-27(16-24)36-30(39)25-11-12-26(21(2)15-25)18-38-14-8-13-31(32,33)20-38/h7,9-12,15-17,19,22,29,35,40H,4,6,8,13-14,18,20H2,1-3,5H3,(H,36,39)/b28-19+. The normalized spacial score (nSPS) is 21.5. The van der Waals surface area contributed by atoms with Crippen LogP contribution in [-0.4, -0.2) is 60.3 Å². The molecule has 214 valence electrons. The zero-order valence-corrected chi connectivity index (χ0v) is 24.8. The number of likely N-dealkylation sites (tertiary alicyclic amines) is 1. The van der Waals surface area contributed by atoms with Crippen molar-refractivity contribution in [1.29, 1.82) is 0 Å². The van der Waals surface area contributed by atoms with Gasteiger partial charge in [-0.25, -0.2) is 8.78 Å². The molecule has 1 amide bonds. The lowest BCUT2D eigenvalue weighted by Crippen LogP contribution is -2.42. The van der Waals surface area contributed by atoms with E-state index >= 15 is 0 Å². The van der Waals surface area contributed by atoms with Crippen molar-refractivity contribution in [2.45, 2.75) is 57.9 Å². The molecule has 2 N–H and O–H groups in total. The Morgan fingerprint density at radius 1 is 1.32 bits per heavy atom. The van der Waals surface area contributed by atoms with E-state index < -0.39 is 5.92 Å². The van der Waals surface area contributed by atoms with Crippen LogP contribution < -0.4 is 10.6 Å². The van der Waals surface area contributed by atoms with Gasteiger partial charge < -0.3 is 10.2 Å². The number of anilines is 1. The highest BCUT2D eigenvalue weighted by Gasteiger charge is 2.35. The van der Waals surface area contributed by atoms with Gasteiger partial charge in [-0.1, -0.05) is 33.4 Å². The van der Waals surface area contributed by atoms with Gasteiger partial charge in [-0.15, -0.1) is 0 Å². The summed E-state index contributed by atoms with van der Waals surface area (Å²) < 4.78 is 27.6. The van der Waals surface area contributed by atoms with Crippen molar-refractivity contribution >= 4 is 26.4 Å². The minimum atomic E-state index is -2.63. The Morgan fingerprint density at radius 3 is 2.83 bits per heavy atom. The van der Waals surface area contributed by atoms with Crippen LogP contribution in [0.15, 0.2) is 71.2 Å². The predicted octanol–water partition coefficient (Wildman–Crippen LogP) is 6.52. The molecule has 2 heterocycles. The van der Waals surface area contributed by atoms with Crippen molar-refractivity contribution in [3.63, 3.8) is 0 Å². The summed E-state index contributed by atoms with van der Waals surface area (Å²) in [6.45, 7) is 12.2. The van der Waals surface area contributed by atoms with Crippen molar-refractivity contribution in [3.05, 3.63) is 88.5 Å². The molecule has 0 aromatic heterocycles. The number of amides is 1. The number of benzene rings is 2. The van der Waals surface area contributed by atoms with Crippen molar-refractivity contribution < 1.29 is 13.6 Å². The molecular weight excluding hydrogens is 527 g/mol. The molecule has 3 unspecified atom stereocenters. The van der Waals surface area contributed by atoms with Gasteiger partial charge in [0.2, 0.25) is 0 Å². The lowest BCUT2D eigenvalue weighted by Gasteiger charge is -2.32. The average molecular weight is 568 g/mol.